The molecule has 3 heterocycles. The number of hydrazine groups is 1. The summed E-state index contributed by atoms with van der Waals surface area (Å²) in [5.41, 5.74) is 4.58. The molecule has 0 saturated carbocycles. The molecule has 3 fully saturated rings. The summed E-state index contributed by atoms with van der Waals surface area (Å²) in [4.78, 5) is 4.86. The highest BCUT2D eigenvalue weighted by Gasteiger charge is 2.37. The predicted molar refractivity (Wildman–Crippen MR) is 73.0 cm³/mol. The monoisotopic (exact) mass is 264 g/mol. The third-order valence-corrected chi connectivity index (χ3v) is 4.37. The van der Waals surface area contributed by atoms with Crippen LogP contribution in [0.15, 0.2) is 18.2 Å². The van der Waals surface area contributed by atoms with E-state index in [2.05, 4.69) is 15.2 Å². The summed E-state index contributed by atoms with van der Waals surface area (Å²) in [6.45, 7) is 7.27. The molecule has 4 nitrogen and oxygen atoms in total. The molecule has 19 heavy (non-hydrogen) atoms. The molecule has 0 spiro atoms. The number of nitrogens with two attached hydrogens (primary N) is 1. The van der Waals surface area contributed by atoms with Crippen LogP contribution in [-0.4, -0.2) is 48.6 Å². The molecule has 0 radical (unpaired) electrons. The lowest BCUT2D eigenvalue weighted by molar-refractivity contribution is -0.00420. The molecule has 104 valence electrons. The fraction of sp³-hybridized carbons (Fsp3) is 0.571. The van der Waals surface area contributed by atoms with Gasteiger partial charge in [-0.2, -0.15) is 0 Å². The van der Waals surface area contributed by atoms with Crippen molar-refractivity contribution in [3.05, 3.63) is 35.1 Å². The second-order valence-corrected chi connectivity index (χ2v) is 5.57. The minimum absolute atomic E-state index is 0.150. The van der Waals surface area contributed by atoms with Crippen molar-refractivity contribution in [2.45, 2.75) is 19.0 Å². The first-order valence-electron chi connectivity index (χ1n) is 6.87. The molecule has 0 aromatic heterocycles. The summed E-state index contributed by atoms with van der Waals surface area (Å²) in [5, 5.41) is 0. The summed E-state index contributed by atoms with van der Waals surface area (Å²) in [6.07, 6.45) is 0. The normalized spacial score (nSPS) is 31.4. The van der Waals surface area contributed by atoms with Crippen LogP contribution < -0.4 is 11.3 Å². The second kappa shape index (κ2) is 5.17. The van der Waals surface area contributed by atoms with Gasteiger partial charge in [0.1, 0.15) is 5.82 Å². The molecule has 1 aromatic rings. The highest BCUT2D eigenvalue weighted by Crippen LogP contribution is 2.28. The van der Waals surface area contributed by atoms with E-state index in [1.165, 1.54) is 6.07 Å². The maximum atomic E-state index is 14.1. The maximum absolute atomic E-state index is 14.1. The Morgan fingerprint density at radius 2 is 2.05 bits per heavy atom. The van der Waals surface area contributed by atoms with Gasteiger partial charge in [0.15, 0.2) is 0 Å². The SMILES string of the molecule is Cc1ccc(F)c(C(NN)C2CN3CCN2CC3)c1. The average molecular weight is 264 g/mol. The van der Waals surface area contributed by atoms with Crippen molar-refractivity contribution in [1.82, 2.24) is 15.2 Å². The molecule has 3 saturated heterocycles. The molecule has 2 atom stereocenters. The minimum atomic E-state index is -0.175. The van der Waals surface area contributed by atoms with Crippen LogP contribution in [-0.2, 0) is 0 Å². The van der Waals surface area contributed by atoms with Crippen LogP contribution in [0.1, 0.15) is 17.2 Å². The van der Waals surface area contributed by atoms with Gasteiger partial charge in [0.05, 0.1) is 6.04 Å². The number of benzene rings is 1. The van der Waals surface area contributed by atoms with Gasteiger partial charge < -0.3 is 0 Å². The molecule has 0 aliphatic carbocycles. The van der Waals surface area contributed by atoms with Gasteiger partial charge in [0, 0.05) is 44.3 Å². The zero-order valence-electron chi connectivity index (χ0n) is 11.3. The highest BCUT2D eigenvalue weighted by molar-refractivity contribution is 5.28. The largest absolute Gasteiger partial charge is 0.299 e. The van der Waals surface area contributed by atoms with Crippen LogP contribution in [0.5, 0.6) is 0 Å². The lowest BCUT2D eigenvalue weighted by atomic mass is 9.93. The Morgan fingerprint density at radius 1 is 1.32 bits per heavy atom. The van der Waals surface area contributed by atoms with E-state index < -0.39 is 0 Å². The molecule has 3 aliphatic rings. The Balaban J connectivity index is 1.90. The van der Waals surface area contributed by atoms with E-state index in [1.807, 2.05) is 13.0 Å². The van der Waals surface area contributed by atoms with E-state index in [0.29, 0.717) is 5.56 Å². The van der Waals surface area contributed by atoms with E-state index in [4.69, 9.17) is 5.84 Å². The Kier molecular flexibility index (Phi) is 3.54. The highest BCUT2D eigenvalue weighted by atomic mass is 19.1. The zero-order chi connectivity index (χ0) is 13.4. The summed E-state index contributed by atoms with van der Waals surface area (Å²) in [5.74, 6) is 5.55. The molecular weight excluding hydrogens is 243 g/mol. The zero-order valence-corrected chi connectivity index (χ0v) is 11.3. The standard InChI is InChI=1S/C14H21FN4/c1-10-2-3-12(15)11(8-10)14(17-16)13-9-18-4-6-19(13)7-5-18/h2-3,8,13-14,17H,4-7,9,16H2,1H3. The second-order valence-electron chi connectivity index (χ2n) is 5.57. The van der Waals surface area contributed by atoms with Crippen molar-refractivity contribution in [3.63, 3.8) is 0 Å². The van der Waals surface area contributed by atoms with Crippen LogP contribution in [0.2, 0.25) is 0 Å². The van der Waals surface area contributed by atoms with Crippen molar-refractivity contribution in [2.75, 3.05) is 32.7 Å². The smallest absolute Gasteiger partial charge is 0.128 e. The Morgan fingerprint density at radius 3 is 2.63 bits per heavy atom. The molecule has 0 amide bonds. The van der Waals surface area contributed by atoms with Crippen molar-refractivity contribution < 1.29 is 4.39 Å². The average Bonchev–Trinajstić information content (AvgIpc) is 2.45. The number of aryl methyl sites for hydroxylation is 1. The number of nitrogens with one attached hydrogen (secondary N) is 1. The molecule has 4 rings (SSSR count). The van der Waals surface area contributed by atoms with Crippen LogP contribution in [0.4, 0.5) is 4.39 Å². The third kappa shape index (κ3) is 2.39. The lowest BCUT2D eigenvalue weighted by Gasteiger charge is -2.50. The van der Waals surface area contributed by atoms with Crippen molar-refractivity contribution in [1.29, 1.82) is 0 Å². The number of rotatable bonds is 3. The maximum Gasteiger partial charge on any atom is 0.128 e. The summed E-state index contributed by atoms with van der Waals surface area (Å²) in [6, 6.07) is 5.33. The predicted octanol–water partition coefficient (Wildman–Crippen LogP) is 0.638. The van der Waals surface area contributed by atoms with E-state index in [-0.39, 0.29) is 17.9 Å². The van der Waals surface area contributed by atoms with Gasteiger partial charge in [0.25, 0.3) is 0 Å². The van der Waals surface area contributed by atoms with Gasteiger partial charge in [0.2, 0.25) is 0 Å². The summed E-state index contributed by atoms with van der Waals surface area (Å²) >= 11 is 0. The fourth-order valence-corrected chi connectivity index (χ4v) is 3.28. The quantitative estimate of drug-likeness (QED) is 0.621. The van der Waals surface area contributed by atoms with E-state index >= 15 is 0 Å². The number of piperazine rings is 3. The lowest BCUT2D eigenvalue weighted by Crippen LogP contribution is -2.64. The van der Waals surface area contributed by atoms with Gasteiger partial charge >= 0.3 is 0 Å². The van der Waals surface area contributed by atoms with Crippen LogP contribution in [0, 0.1) is 12.7 Å². The first-order valence-corrected chi connectivity index (χ1v) is 6.87. The summed E-state index contributed by atoms with van der Waals surface area (Å²) in [7, 11) is 0. The first-order chi connectivity index (χ1) is 9.19. The van der Waals surface area contributed by atoms with Crippen molar-refractivity contribution in [3.8, 4) is 0 Å². The third-order valence-electron chi connectivity index (χ3n) is 4.37. The molecule has 1 aromatic carbocycles. The Bertz CT molecular complexity index is 457. The molecule has 2 bridgehead atoms. The minimum Gasteiger partial charge on any atom is -0.299 e. The number of hydrogen-bond acceptors (Lipinski definition) is 4. The van der Waals surface area contributed by atoms with Crippen molar-refractivity contribution >= 4 is 0 Å². The molecule has 2 unspecified atom stereocenters. The molecule has 3 aliphatic heterocycles. The molecular formula is C14H21FN4. The van der Waals surface area contributed by atoms with Crippen molar-refractivity contribution in [2.24, 2.45) is 5.84 Å². The van der Waals surface area contributed by atoms with Gasteiger partial charge in [-0.15, -0.1) is 0 Å². The summed E-state index contributed by atoms with van der Waals surface area (Å²) < 4.78 is 14.1. The Hall–Kier alpha value is -1.01. The topological polar surface area (TPSA) is 44.5 Å². The van der Waals surface area contributed by atoms with E-state index in [0.717, 1.165) is 38.3 Å². The number of fused-ring (bicyclic) bond motifs is 3. The van der Waals surface area contributed by atoms with Gasteiger partial charge in [-0.25, -0.2) is 4.39 Å². The number of hydrogen-bond donors (Lipinski definition) is 2. The van der Waals surface area contributed by atoms with E-state index in [1.54, 1.807) is 6.07 Å². The van der Waals surface area contributed by atoms with Crippen LogP contribution in [0.3, 0.4) is 0 Å². The fourth-order valence-electron chi connectivity index (χ4n) is 3.28. The molecule has 3 N–H and O–H groups in total. The van der Waals surface area contributed by atoms with Crippen LogP contribution >= 0.6 is 0 Å². The molecule has 5 heteroatoms. The van der Waals surface area contributed by atoms with Crippen LogP contribution in [0.25, 0.3) is 0 Å². The Labute approximate surface area is 113 Å². The van der Waals surface area contributed by atoms with Gasteiger partial charge in [-0.1, -0.05) is 17.7 Å². The number of halogens is 1. The number of nitrogens with zero attached hydrogens (tertiary/aromatic N) is 2. The van der Waals surface area contributed by atoms with Gasteiger partial charge in [-0.3, -0.25) is 21.1 Å². The first kappa shape index (κ1) is 13.0. The van der Waals surface area contributed by atoms with E-state index in [9.17, 15) is 4.39 Å². The van der Waals surface area contributed by atoms with Gasteiger partial charge in [-0.05, 0) is 13.0 Å².